The average Bonchev–Trinajstić information content (AvgIpc) is 2.77. The quantitative estimate of drug-likeness (QED) is 0.459. The monoisotopic (exact) mass is 506 g/mol. The van der Waals surface area contributed by atoms with E-state index in [0.29, 0.717) is 30.5 Å². The van der Waals surface area contributed by atoms with Crippen LogP contribution in [0.15, 0.2) is 57.8 Å². The lowest BCUT2D eigenvalue weighted by molar-refractivity contribution is 0.0937. The lowest BCUT2D eigenvalue weighted by atomic mass is 10.1. The van der Waals surface area contributed by atoms with Crippen LogP contribution in [0, 0.1) is 18.6 Å². The predicted octanol–water partition coefficient (Wildman–Crippen LogP) is 4.41. The van der Waals surface area contributed by atoms with E-state index in [2.05, 4.69) is 21.2 Å². The second kappa shape index (κ2) is 10.5. The molecule has 32 heavy (non-hydrogen) atoms. The van der Waals surface area contributed by atoms with Crippen LogP contribution in [-0.2, 0) is 11.3 Å². The minimum Gasteiger partial charge on any atom is -0.453 e. The summed E-state index contributed by atoms with van der Waals surface area (Å²) >= 11 is 3.22. The number of aromatic nitrogens is 1. The highest BCUT2D eigenvalue weighted by Gasteiger charge is 2.15. The Labute approximate surface area is 191 Å². The Morgan fingerprint density at radius 2 is 1.81 bits per heavy atom. The molecule has 6 nitrogen and oxygen atoms in total. The van der Waals surface area contributed by atoms with Crippen LogP contribution in [0.4, 0.5) is 8.78 Å². The predicted molar refractivity (Wildman–Crippen MR) is 119 cm³/mol. The van der Waals surface area contributed by atoms with Crippen molar-refractivity contribution in [3.05, 3.63) is 91.8 Å². The smallest absolute Gasteiger partial charge is 0.269 e. The Bertz CT molecular complexity index is 1180. The molecule has 0 aliphatic rings. The first-order chi connectivity index (χ1) is 15.3. The fraction of sp³-hybridized carbons (Fsp3) is 0.217. The standard InChI is InChI=1S/C23H21BrF2N2O4/c1-14-11-20(32-19-8-7-17(25)12-18(19)26)21(24)23(30)28(14)13-15-3-5-16(6-4-15)22(29)27-9-10-31-2/h3-8,11-12H,9-10,13H2,1-2H3,(H,27,29). The Balaban J connectivity index is 1.78. The van der Waals surface area contributed by atoms with Crippen molar-refractivity contribution < 1.29 is 23.0 Å². The van der Waals surface area contributed by atoms with E-state index in [1.807, 2.05) is 0 Å². The zero-order valence-corrected chi connectivity index (χ0v) is 19.0. The number of hydrogen-bond acceptors (Lipinski definition) is 4. The highest BCUT2D eigenvalue weighted by Crippen LogP contribution is 2.30. The molecular weight excluding hydrogens is 486 g/mol. The van der Waals surface area contributed by atoms with E-state index in [1.165, 1.54) is 4.57 Å². The Morgan fingerprint density at radius 3 is 2.47 bits per heavy atom. The summed E-state index contributed by atoms with van der Waals surface area (Å²) in [7, 11) is 1.56. The summed E-state index contributed by atoms with van der Waals surface area (Å²) in [5.41, 5.74) is 1.52. The highest BCUT2D eigenvalue weighted by atomic mass is 79.9. The molecule has 0 unspecified atom stereocenters. The van der Waals surface area contributed by atoms with E-state index < -0.39 is 11.6 Å². The number of halogens is 3. The first-order valence-electron chi connectivity index (χ1n) is 9.69. The van der Waals surface area contributed by atoms with Crippen molar-refractivity contribution in [2.75, 3.05) is 20.3 Å². The summed E-state index contributed by atoms with van der Waals surface area (Å²) in [5, 5.41) is 2.74. The third-order valence-corrected chi connectivity index (χ3v) is 5.41. The fourth-order valence-corrected chi connectivity index (χ4v) is 3.38. The Morgan fingerprint density at radius 1 is 1.09 bits per heavy atom. The average molecular weight is 507 g/mol. The van der Waals surface area contributed by atoms with Gasteiger partial charge in [0.05, 0.1) is 13.2 Å². The molecule has 1 heterocycles. The first-order valence-corrected chi connectivity index (χ1v) is 10.5. The molecule has 0 spiro atoms. The van der Waals surface area contributed by atoms with E-state index in [1.54, 1.807) is 44.4 Å². The van der Waals surface area contributed by atoms with E-state index in [-0.39, 0.29) is 34.0 Å². The van der Waals surface area contributed by atoms with Crippen LogP contribution in [-0.4, -0.2) is 30.7 Å². The van der Waals surface area contributed by atoms with Gasteiger partial charge in [0.25, 0.3) is 11.5 Å². The molecule has 3 aromatic rings. The number of pyridine rings is 1. The van der Waals surface area contributed by atoms with Gasteiger partial charge >= 0.3 is 0 Å². The summed E-state index contributed by atoms with van der Waals surface area (Å²) in [6, 6.07) is 11.4. The van der Waals surface area contributed by atoms with Crippen LogP contribution < -0.4 is 15.6 Å². The maximum absolute atomic E-state index is 13.9. The first kappa shape index (κ1) is 23.6. The molecule has 0 fully saturated rings. The number of carbonyl (C=O) groups excluding carboxylic acids is 1. The maximum Gasteiger partial charge on any atom is 0.269 e. The van der Waals surface area contributed by atoms with Crippen molar-refractivity contribution in [2.45, 2.75) is 13.5 Å². The minimum atomic E-state index is -0.870. The van der Waals surface area contributed by atoms with Crippen LogP contribution in [0.25, 0.3) is 0 Å². The molecule has 1 amide bonds. The third-order valence-electron chi connectivity index (χ3n) is 4.68. The largest absolute Gasteiger partial charge is 0.453 e. The van der Waals surface area contributed by atoms with Crippen molar-refractivity contribution in [2.24, 2.45) is 0 Å². The van der Waals surface area contributed by atoms with Gasteiger partial charge in [0.15, 0.2) is 11.6 Å². The topological polar surface area (TPSA) is 69.6 Å². The Hall–Kier alpha value is -3.04. The fourth-order valence-electron chi connectivity index (χ4n) is 2.98. The van der Waals surface area contributed by atoms with Gasteiger partial charge in [-0.2, -0.15) is 0 Å². The lowest BCUT2D eigenvalue weighted by Gasteiger charge is -2.15. The molecule has 0 saturated carbocycles. The molecule has 168 valence electrons. The number of carbonyl (C=O) groups is 1. The number of nitrogens with one attached hydrogen (secondary N) is 1. The van der Waals surface area contributed by atoms with Gasteiger partial charge in [-0.15, -0.1) is 0 Å². The van der Waals surface area contributed by atoms with Crippen molar-refractivity contribution in [1.82, 2.24) is 9.88 Å². The molecule has 0 saturated heterocycles. The van der Waals surface area contributed by atoms with Crippen molar-refractivity contribution in [1.29, 1.82) is 0 Å². The minimum absolute atomic E-state index is 0.112. The lowest BCUT2D eigenvalue weighted by Crippen LogP contribution is -2.27. The SMILES string of the molecule is COCCNC(=O)c1ccc(Cn2c(C)cc(Oc3ccc(F)cc3F)c(Br)c2=O)cc1. The molecule has 1 aromatic heterocycles. The van der Waals surface area contributed by atoms with Gasteiger partial charge < -0.3 is 19.4 Å². The molecule has 0 aliphatic carbocycles. The maximum atomic E-state index is 13.9. The molecule has 3 rings (SSSR count). The molecule has 9 heteroatoms. The van der Waals surface area contributed by atoms with Crippen LogP contribution in [0.2, 0.25) is 0 Å². The number of methoxy groups -OCH3 is 1. The molecule has 1 N–H and O–H groups in total. The number of nitrogens with zero attached hydrogens (tertiary/aromatic N) is 1. The summed E-state index contributed by atoms with van der Waals surface area (Å²) in [4.78, 5) is 25.0. The second-order valence-corrected chi connectivity index (χ2v) is 7.77. The molecular formula is C23H21BrF2N2O4. The van der Waals surface area contributed by atoms with Gasteiger partial charge in [-0.25, -0.2) is 8.78 Å². The zero-order chi connectivity index (χ0) is 23.3. The van der Waals surface area contributed by atoms with Crippen LogP contribution in [0.5, 0.6) is 11.5 Å². The number of rotatable bonds is 8. The number of ether oxygens (including phenoxy) is 2. The highest BCUT2D eigenvalue weighted by molar-refractivity contribution is 9.10. The van der Waals surface area contributed by atoms with E-state index in [0.717, 1.165) is 17.7 Å². The normalized spacial score (nSPS) is 10.8. The summed E-state index contributed by atoms with van der Waals surface area (Å²) in [6.07, 6.45) is 0. The summed E-state index contributed by atoms with van der Waals surface area (Å²) in [6.45, 7) is 2.82. The van der Waals surface area contributed by atoms with Gasteiger partial charge in [0.2, 0.25) is 0 Å². The van der Waals surface area contributed by atoms with Crippen molar-refractivity contribution in [3.8, 4) is 11.5 Å². The molecule has 0 atom stereocenters. The van der Waals surface area contributed by atoms with Gasteiger partial charge in [-0.3, -0.25) is 9.59 Å². The zero-order valence-electron chi connectivity index (χ0n) is 17.5. The van der Waals surface area contributed by atoms with Gasteiger partial charge in [0, 0.05) is 37.0 Å². The second-order valence-electron chi connectivity index (χ2n) is 6.98. The molecule has 0 radical (unpaired) electrons. The summed E-state index contributed by atoms with van der Waals surface area (Å²) < 4.78 is 39.0. The van der Waals surface area contributed by atoms with Crippen molar-refractivity contribution >= 4 is 21.8 Å². The van der Waals surface area contributed by atoms with Gasteiger partial charge in [-0.05, 0) is 52.7 Å². The van der Waals surface area contributed by atoms with E-state index >= 15 is 0 Å². The molecule has 0 bridgehead atoms. The van der Waals surface area contributed by atoms with Crippen LogP contribution in [0.1, 0.15) is 21.6 Å². The third kappa shape index (κ3) is 5.60. The van der Waals surface area contributed by atoms with Crippen LogP contribution >= 0.6 is 15.9 Å². The number of aryl methyl sites for hydroxylation is 1. The van der Waals surface area contributed by atoms with Crippen molar-refractivity contribution in [3.63, 3.8) is 0 Å². The number of amides is 1. The number of hydrogen-bond donors (Lipinski definition) is 1. The van der Waals surface area contributed by atoms with Gasteiger partial charge in [0.1, 0.15) is 16.0 Å². The van der Waals surface area contributed by atoms with E-state index in [9.17, 15) is 18.4 Å². The summed E-state index contributed by atoms with van der Waals surface area (Å²) in [5.74, 6) is -1.87. The number of benzene rings is 2. The Kier molecular flexibility index (Phi) is 7.76. The molecule has 0 aliphatic heterocycles. The van der Waals surface area contributed by atoms with Gasteiger partial charge in [-0.1, -0.05) is 12.1 Å². The van der Waals surface area contributed by atoms with E-state index in [4.69, 9.17) is 9.47 Å². The molecule has 2 aromatic carbocycles. The van der Waals surface area contributed by atoms with Crippen LogP contribution in [0.3, 0.4) is 0 Å².